The Balaban J connectivity index is 2.18. The zero-order chi connectivity index (χ0) is 12.4. The van der Waals surface area contributed by atoms with Crippen molar-refractivity contribution in [1.82, 2.24) is 4.90 Å². The Kier molecular flexibility index (Phi) is 3.69. The van der Waals surface area contributed by atoms with Crippen molar-refractivity contribution in [2.24, 2.45) is 0 Å². The van der Waals surface area contributed by atoms with E-state index in [-0.39, 0.29) is 5.91 Å². The van der Waals surface area contributed by atoms with E-state index in [9.17, 15) is 9.90 Å². The molecule has 17 heavy (non-hydrogen) atoms. The van der Waals surface area contributed by atoms with Crippen molar-refractivity contribution in [3.05, 3.63) is 28.2 Å². The number of rotatable bonds is 1. The molecule has 2 rings (SSSR count). The minimum Gasteiger partial charge on any atom is -0.399 e. The number of likely N-dealkylation sites (tertiary alicyclic amines) is 1. The number of benzene rings is 1. The number of piperidine rings is 1. The molecule has 1 aliphatic rings. The molecule has 1 heterocycles. The Bertz CT molecular complexity index is 416. The predicted octanol–water partition coefficient (Wildman–Crippen LogP) is 1.63. The lowest BCUT2D eigenvalue weighted by Crippen LogP contribution is -2.42. The topological polar surface area (TPSA) is 66.6 Å². The monoisotopic (exact) mass is 298 g/mol. The lowest BCUT2D eigenvalue weighted by Gasteiger charge is -2.30. The smallest absolute Gasteiger partial charge is 0.254 e. The minimum atomic E-state index is -0.405. The van der Waals surface area contributed by atoms with E-state index in [1.807, 2.05) is 0 Å². The van der Waals surface area contributed by atoms with Gasteiger partial charge in [0.05, 0.1) is 6.10 Å². The average molecular weight is 299 g/mol. The minimum absolute atomic E-state index is 0.0725. The van der Waals surface area contributed by atoms with Crippen molar-refractivity contribution < 1.29 is 9.90 Å². The second-order valence-electron chi connectivity index (χ2n) is 4.32. The fourth-order valence-corrected chi connectivity index (χ4v) is 2.57. The SMILES string of the molecule is Nc1cc(Br)cc(C(=O)N2CCCC(O)C2)c1. The van der Waals surface area contributed by atoms with Gasteiger partial charge in [-0.15, -0.1) is 0 Å². The number of carbonyl (C=O) groups excluding carboxylic acids is 1. The number of halogens is 1. The summed E-state index contributed by atoms with van der Waals surface area (Å²) in [5.41, 5.74) is 6.82. The number of nitrogen functional groups attached to an aromatic ring is 1. The van der Waals surface area contributed by atoms with Crippen molar-refractivity contribution in [3.8, 4) is 0 Å². The zero-order valence-corrected chi connectivity index (χ0v) is 11.0. The number of aliphatic hydroxyl groups is 1. The number of amides is 1. The van der Waals surface area contributed by atoms with E-state index in [2.05, 4.69) is 15.9 Å². The van der Waals surface area contributed by atoms with Crippen LogP contribution in [0.1, 0.15) is 23.2 Å². The number of nitrogens with zero attached hydrogens (tertiary/aromatic N) is 1. The molecule has 1 atom stereocenters. The van der Waals surface area contributed by atoms with Crippen molar-refractivity contribution in [1.29, 1.82) is 0 Å². The van der Waals surface area contributed by atoms with Crippen LogP contribution in [0.5, 0.6) is 0 Å². The van der Waals surface area contributed by atoms with Gasteiger partial charge in [-0.25, -0.2) is 0 Å². The molecular formula is C12H15BrN2O2. The first-order chi connectivity index (χ1) is 8.06. The van der Waals surface area contributed by atoms with Gasteiger partial charge >= 0.3 is 0 Å². The van der Waals surface area contributed by atoms with E-state index >= 15 is 0 Å². The maximum atomic E-state index is 12.2. The molecule has 4 nitrogen and oxygen atoms in total. The van der Waals surface area contributed by atoms with Crippen molar-refractivity contribution in [2.45, 2.75) is 18.9 Å². The predicted molar refractivity (Wildman–Crippen MR) is 69.7 cm³/mol. The summed E-state index contributed by atoms with van der Waals surface area (Å²) in [6.07, 6.45) is 1.21. The van der Waals surface area contributed by atoms with Crippen LogP contribution in [0.2, 0.25) is 0 Å². The van der Waals surface area contributed by atoms with Gasteiger partial charge in [-0.2, -0.15) is 0 Å². The second kappa shape index (κ2) is 5.06. The van der Waals surface area contributed by atoms with E-state index in [4.69, 9.17) is 5.73 Å². The van der Waals surface area contributed by atoms with Crippen molar-refractivity contribution in [3.63, 3.8) is 0 Å². The number of hydrogen-bond acceptors (Lipinski definition) is 3. The molecule has 1 aromatic rings. The van der Waals surface area contributed by atoms with Gasteiger partial charge < -0.3 is 15.7 Å². The molecule has 1 aliphatic heterocycles. The van der Waals surface area contributed by atoms with E-state index in [0.29, 0.717) is 24.3 Å². The third kappa shape index (κ3) is 2.98. The van der Waals surface area contributed by atoms with Crippen LogP contribution in [-0.4, -0.2) is 35.1 Å². The molecule has 0 spiro atoms. The van der Waals surface area contributed by atoms with Crippen LogP contribution in [0.4, 0.5) is 5.69 Å². The highest BCUT2D eigenvalue weighted by atomic mass is 79.9. The van der Waals surface area contributed by atoms with Crippen LogP contribution in [-0.2, 0) is 0 Å². The maximum absolute atomic E-state index is 12.2. The second-order valence-corrected chi connectivity index (χ2v) is 5.24. The third-order valence-corrected chi connectivity index (χ3v) is 3.31. The van der Waals surface area contributed by atoms with Crippen LogP contribution < -0.4 is 5.73 Å². The Labute approximate surface area is 109 Å². The Hall–Kier alpha value is -1.07. The van der Waals surface area contributed by atoms with Gasteiger partial charge in [0.1, 0.15) is 0 Å². The fourth-order valence-electron chi connectivity index (χ4n) is 2.06. The summed E-state index contributed by atoms with van der Waals surface area (Å²) in [6, 6.07) is 5.16. The normalized spacial score (nSPS) is 20.4. The van der Waals surface area contributed by atoms with Crippen LogP contribution in [0.15, 0.2) is 22.7 Å². The van der Waals surface area contributed by atoms with E-state index in [0.717, 1.165) is 17.3 Å². The van der Waals surface area contributed by atoms with Gasteiger partial charge in [-0.3, -0.25) is 4.79 Å². The number of anilines is 1. The van der Waals surface area contributed by atoms with E-state index < -0.39 is 6.10 Å². The van der Waals surface area contributed by atoms with Gasteiger partial charge in [-0.05, 0) is 31.0 Å². The molecule has 92 valence electrons. The Morgan fingerprint density at radius 2 is 2.24 bits per heavy atom. The average Bonchev–Trinajstić information content (AvgIpc) is 2.26. The summed E-state index contributed by atoms with van der Waals surface area (Å²) >= 11 is 3.32. The number of aliphatic hydroxyl groups excluding tert-OH is 1. The number of β-amino-alcohol motifs (C(OH)–C–C–N with tert-alkyl or cyclic N) is 1. The van der Waals surface area contributed by atoms with Crippen LogP contribution in [0, 0.1) is 0 Å². The van der Waals surface area contributed by atoms with Gasteiger partial charge in [0, 0.05) is 28.8 Å². The summed E-state index contributed by atoms with van der Waals surface area (Å²) in [7, 11) is 0. The number of hydrogen-bond donors (Lipinski definition) is 2. The van der Waals surface area contributed by atoms with Gasteiger partial charge in [-0.1, -0.05) is 15.9 Å². The summed E-state index contributed by atoms with van der Waals surface area (Å²) < 4.78 is 0.790. The molecule has 1 aromatic carbocycles. The summed E-state index contributed by atoms with van der Waals surface area (Å²) in [5, 5.41) is 9.56. The van der Waals surface area contributed by atoms with Crippen LogP contribution >= 0.6 is 15.9 Å². The molecule has 1 fully saturated rings. The lowest BCUT2D eigenvalue weighted by atomic mass is 10.1. The molecule has 0 aromatic heterocycles. The van der Waals surface area contributed by atoms with Crippen LogP contribution in [0.3, 0.4) is 0 Å². The first kappa shape index (κ1) is 12.4. The van der Waals surface area contributed by atoms with E-state index in [1.165, 1.54) is 0 Å². The third-order valence-electron chi connectivity index (χ3n) is 2.85. The molecular weight excluding hydrogens is 284 g/mol. The zero-order valence-electron chi connectivity index (χ0n) is 9.40. The highest BCUT2D eigenvalue weighted by molar-refractivity contribution is 9.10. The van der Waals surface area contributed by atoms with Gasteiger partial charge in [0.2, 0.25) is 0 Å². The Morgan fingerprint density at radius 1 is 1.47 bits per heavy atom. The van der Waals surface area contributed by atoms with E-state index in [1.54, 1.807) is 23.1 Å². The molecule has 0 saturated carbocycles. The fraction of sp³-hybridized carbons (Fsp3) is 0.417. The number of nitrogens with two attached hydrogens (primary N) is 1. The summed E-state index contributed by atoms with van der Waals surface area (Å²) in [4.78, 5) is 13.9. The molecule has 5 heteroatoms. The van der Waals surface area contributed by atoms with Gasteiger partial charge in [0.15, 0.2) is 0 Å². The van der Waals surface area contributed by atoms with Gasteiger partial charge in [0.25, 0.3) is 5.91 Å². The maximum Gasteiger partial charge on any atom is 0.254 e. The molecule has 1 unspecified atom stereocenters. The first-order valence-corrected chi connectivity index (χ1v) is 6.39. The number of carbonyl (C=O) groups is 1. The largest absolute Gasteiger partial charge is 0.399 e. The molecule has 1 amide bonds. The van der Waals surface area contributed by atoms with Crippen molar-refractivity contribution >= 4 is 27.5 Å². The van der Waals surface area contributed by atoms with Crippen molar-refractivity contribution in [2.75, 3.05) is 18.8 Å². The summed E-state index contributed by atoms with van der Waals surface area (Å²) in [6.45, 7) is 1.10. The lowest BCUT2D eigenvalue weighted by molar-refractivity contribution is 0.0474. The summed E-state index contributed by atoms with van der Waals surface area (Å²) in [5.74, 6) is -0.0725. The highest BCUT2D eigenvalue weighted by Gasteiger charge is 2.23. The molecule has 3 N–H and O–H groups in total. The molecule has 1 saturated heterocycles. The first-order valence-electron chi connectivity index (χ1n) is 5.59. The molecule has 0 radical (unpaired) electrons. The quantitative estimate of drug-likeness (QED) is 0.775. The van der Waals surface area contributed by atoms with Crippen LogP contribution in [0.25, 0.3) is 0 Å². The molecule has 0 aliphatic carbocycles. The Morgan fingerprint density at radius 3 is 2.88 bits per heavy atom. The highest BCUT2D eigenvalue weighted by Crippen LogP contribution is 2.20. The molecule has 0 bridgehead atoms. The standard InChI is InChI=1S/C12H15BrN2O2/c13-9-4-8(5-10(14)6-9)12(17)15-3-1-2-11(16)7-15/h4-6,11,16H,1-3,7,14H2.